The van der Waals surface area contributed by atoms with Crippen LogP contribution in [0.3, 0.4) is 0 Å². The van der Waals surface area contributed by atoms with E-state index in [1.165, 1.54) is 6.07 Å². The molecule has 2 aromatic rings. The van der Waals surface area contributed by atoms with E-state index in [4.69, 9.17) is 11.6 Å². The van der Waals surface area contributed by atoms with Crippen LogP contribution in [0.5, 0.6) is 0 Å². The van der Waals surface area contributed by atoms with Gasteiger partial charge in [0.05, 0.1) is 0 Å². The maximum atomic E-state index is 13.5. The number of halogens is 2. The lowest BCUT2D eigenvalue weighted by Crippen LogP contribution is -1.85. The molecular weight excluding hydrogens is 211 g/mol. The Balaban J connectivity index is 2.53. The highest BCUT2D eigenvalue weighted by Gasteiger charge is 2.04. The molecule has 0 saturated heterocycles. The summed E-state index contributed by atoms with van der Waals surface area (Å²) in [6, 6.07) is 12.2. The molecule has 0 unspecified atom stereocenters. The molecule has 0 heterocycles. The van der Waals surface area contributed by atoms with Crippen LogP contribution in [0.1, 0.15) is 5.56 Å². The van der Waals surface area contributed by atoms with E-state index in [2.05, 4.69) is 0 Å². The first-order chi connectivity index (χ1) is 7.16. The first-order valence-corrected chi connectivity index (χ1v) is 5.07. The SMILES string of the molecule is Cc1ccc(F)c(-c2ccc(Cl)cc2)c1. The molecule has 0 bridgehead atoms. The van der Waals surface area contributed by atoms with E-state index < -0.39 is 0 Å². The Morgan fingerprint density at radius 2 is 1.67 bits per heavy atom. The van der Waals surface area contributed by atoms with Gasteiger partial charge in [-0.25, -0.2) is 4.39 Å². The summed E-state index contributed by atoms with van der Waals surface area (Å²) in [5.41, 5.74) is 2.51. The maximum Gasteiger partial charge on any atom is 0.131 e. The second kappa shape index (κ2) is 4.03. The van der Waals surface area contributed by atoms with Gasteiger partial charge in [-0.1, -0.05) is 35.4 Å². The normalized spacial score (nSPS) is 10.3. The van der Waals surface area contributed by atoms with Crippen LogP contribution >= 0.6 is 11.6 Å². The van der Waals surface area contributed by atoms with E-state index in [0.29, 0.717) is 10.6 Å². The summed E-state index contributed by atoms with van der Waals surface area (Å²) in [4.78, 5) is 0. The van der Waals surface area contributed by atoms with Gasteiger partial charge in [0.2, 0.25) is 0 Å². The third-order valence-electron chi connectivity index (χ3n) is 2.28. The predicted molar refractivity (Wildman–Crippen MR) is 61.6 cm³/mol. The molecule has 0 aliphatic carbocycles. The molecule has 0 fully saturated rings. The summed E-state index contributed by atoms with van der Waals surface area (Å²) in [7, 11) is 0. The molecule has 0 nitrogen and oxygen atoms in total. The van der Waals surface area contributed by atoms with E-state index in [9.17, 15) is 4.39 Å². The zero-order chi connectivity index (χ0) is 10.8. The van der Waals surface area contributed by atoms with E-state index in [1.54, 1.807) is 18.2 Å². The molecule has 0 N–H and O–H groups in total. The van der Waals surface area contributed by atoms with Crippen molar-refractivity contribution in [3.05, 3.63) is 58.9 Å². The Labute approximate surface area is 93.3 Å². The van der Waals surface area contributed by atoms with E-state index in [1.807, 2.05) is 25.1 Å². The minimum absolute atomic E-state index is 0.206. The van der Waals surface area contributed by atoms with E-state index in [-0.39, 0.29) is 5.82 Å². The van der Waals surface area contributed by atoms with Gasteiger partial charge in [-0.2, -0.15) is 0 Å². The zero-order valence-corrected chi connectivity index (χ0v) is 9.05. The number of hydrogen-bond donors (Lipinski definition) is 0. The van der Waals surface area contributed by atoms with Gasteiger partial charge >= 0.3 is 0 Å². The topological polar surface area (TPSA) is 0 Å². The van der Waals surface area contributed by atoms with Crippen molar-refractivity contribution in [2.45, 2.75) is 6.92 Å². The first kappa shape index (κ1) is 10.2. The maximum absolute atomic E-state index is 13.5. The quantitative estimate of drug-likeness (QED) is 0.666. The van der Waals surface area contributed by atoms with Crippen LogP contribution in [0.2, 0.25) is 5.02 Å². The second-order valence-electron chi connectivity index (χ2n) is 3.49. The lowest BCUT2D eigenvalue weighted by Gasteiger charge is -2.04. The Hall–Kier alpha value is -1.34. The molecule has 0 amide bonds. The van der Waals surface area contributed by atoms with Crippen molar-refractivity contribution in [1.82, 2.24) is 0 Å². The second-order valence-corrected chi connectivity index (χ2v) is 3.93. The fraction of sp³-hybridized carbons (Fsp3) is 0.0769. The smallest absolute Gasteiger partial charge is 0.131 e. The lowest BCUT2D eigenvalue weighted by atomic mass is 10.0. The van der Waals surface area contributed by atoms with Crippen LogP contribution in [0.4, 0.5) is 4.39 Å². The summed E-state index contributed by atoms with van der Waals surface area (Å²) in [6.07, 6.45) is 0. The minimum atomic E-state index is -0.206. The van der Waals surface area contributed by atoms with Gasteiger partial charge in [-0.3, -0.25) is 0 Å². The van der Waals surface area contributed by atoms with Crippen molar-refractivity contribution in [1.29, 1.82) is 0 Å². The summed E-state index contributed by atoms with van der Waals surface area (Å²) in [6.45, 7) is 1.94. The molecular formula is C13H10ClF. The van der Waals surface area contributed by atoms with Crippen LogP contribution in [0.15, 0.2) is 42.5 Å². The Kier molecular flexibility index (Phi) is 2.74. The van der Waals surface area contributed by atoms with Crippen molar-refractivity contribution in [3.8, 4) is 11.1 Å². The number of benzene rings is 2. The van der Waals surface area contributed by atoms with Gasteiger partial charge < -0.3 is 0 Å². The van der Waals surface area contributed by atoms with Gasteiger partial charge in [0, 0.05) is 10.6 Å². The Morgan fingerprint density at radius 3 is 2.33 bits per heavy atom. The molecule has 2 aromatic carbocycles. The molecule has 0 saturated carbocycles. The molecule has 15 heavy (non-hydrogen) atoms. The highest BCUT2D eigenvalue weighted by molar-refractivity contribution is 6.30. The molecule has 2 heteroatoms. The monoisotopic (exact) mass is 220 g/mol. The van der Waals surface area contributed by atoms with Crippen LogP contribution in [-0.4, -0.2) is 0 Å². The fourth-order valence-corrected chi connectivity index (χ4v) is 1.62. The predicted octanol–water partition coefficient (Wildman–Crippen LogP) is 4.45. The van der Waals surface area contributed by atoms with Gasteiger partial charge in [0.15, 0.2) is 0 Å². The molecule has 0 spiro atoms. The average Bonchev–Trinajstić information content (AvgIpc) is 2.23. The summed E-state index contributed by atoms with van der Waals surface area (Å²) >= 11 is 5.78. The Morgan fingerprint density at radius 1 is 1.00 bits per heavy atom. The van der Waals surface area contributed by atoms with E-state index in [0.717, 1.165) is 11.1 Å². The largest absolute Gasteiger partial charge is 0.206 e. The van der Waals surface area contributed by atoms with Crippen LogP contribution in [0, 0.1) is 12.7 Å². The molecule has 0 aromatic heterocycles. The molecule has 0 radical (unpaired) electrons. The average molecular weight is 221 g/mol. The lowest BCUT2D eigenvalue weighted by molar-refractivity contribution is 0.631. The van der Waals surface area contributed by atoms with Crippen molar-refractivity contribution in [3.63, 3.8) is 0 Å². The van der Waals surface area contributed by atoms with Crippen LogP contribution < -0.4 is 0 Å². The van der Waals surface area contributed by atoms with Crippen LogP contribution in [0.25, 0.3) is 11.1 Å². The van der Waals surface area contributed by atoms with Gasteiger partial charge in [0.1, 0.15) is 5.82 Å². The van der Waals surface area contributed by atoms with Gasteiger partial charge in [0.25, 0.3) is 0 Å². The van der Waals surface area contributed by atoms with Crippen molar-refractivity contribution in [2.24, 2.45) is 0 Å². The third-order valence-corrected chi connectivity index (χ3v) is 2.53. The fourth-order valence-electron chi connectivity index (χ4n) is 1.49. The van der Waals surface area contributed by atoms with E-state index >= 15 is 0 Å². The molecule has 0 atom stereocenters. The molecule has 76 valence electrons. The first-order valence-electron chi connectivity index (χ1n) is 4.69. The Bertz CT molecular complexity index is 474. The number of aryl methyl sites for hydroxylation is 1. The summed E-state index contributed by atoms with van der Waals surface area (Å²) in [5, 5.41) is 0.659. The van der Waals surface area contributed by atoms with Gasteiger partial charge in [-0.15, -0.1) is 0 Å². The summed E-state index contributed by atoms with van der Waals surface area (Å²) in [5.74, 6) is -0.206. The standard InChI is InChI=1S/C13H10ClF/c1-9-2-7-13(15)12(8-9)10-3-5-11(14)6-4-10/h2-8H,1H3. The zero-order valence-electron chi connectivity index (χ0n) is 8.30. The van der Waals surface area contributed by atoms with Crippen LogP contribution in [-0.2, 0) is 0 Å². The van der Waals surface area contributed by atoms with Gasteiger partial charge in [-0.05, 0) is 36.8 Å². The number of rotatable bonds is 1. The number of hydrogen-bond acceptors (Lipinski definition) is 0. The minimum Gasteiger partial charge on any atom is -0.206 e. The van der Waals surface area contributed by atoms with Crippen molar-refractivity contribution >= 4 is 11.6 Å². The highest BCUT2D eigenvalue weighted by Crippen LogP contribution is 2.25. The highest BCUT2D eigenvalue weighted by atomic mass is 35.5. The molecule has 0 aliphatic rings. The third kappa shape index (κ3) is 2.18. The summed E-state index contributed by atoms with van der Waals surface area (Å²) < 4.78 is 13.5. The van der Waals surface area contributed by atoms with Crippen molar-refractivity contribution in [2.75, 3.05) is 0 Å². The van der Waals surface area contributed by atoms with Crippen molar-refractivity contribution < 1.29 is 4.39 Å². The molecule has 0 aliphatic heterocycles. The molecule has 2 rings (SSSR count).